The van der Waals surface area contributed by atoms with Gasteiger partial charge in [0.25, 0.3) is 0 Å². The maximum absolute atomic E-state index is 5.91. The highest BCUT2D eigenvalue weighted by molar-refractivity contribution is 5.51. The van der Waals surface area contributed by atoms with E-state index in [1.165, 1.54) is 0 Å². The van der Waals surface area contributed by atoms with E-state index in [0.717, 1.165) is 38.3 Å². The second-order valence-corrected chi connectivity index (χ2v) is 6.36. The highest BCUT2D eigenvalue weighted by Gasteiger charge is 2.29. The van der Waals surface area contributed by atoms with Gasteiger partial charge in [0.1, 0.15) is 0 Å². The third kappa shape index (κ3) is 3.83. The first-order valence-corrected chi connectivity index (χ1v) is 8.55. The molecule has 1 fully saturated rings. The number of nitrogens with zero attached hydrogens (tertiary/aromatic N) is 4. The Balaban J connectivity index is 1.63. The Bertz CT molecular complexity index is 631. The number of rotatable bonds is 6. The first-order chi connectivity index (χ1) is 11.7. The molecule has 130 valence electrons. The van der Waals surface area contributed by atoms with Gasteiger partial charge in [-0.1, -0.05) is 18.2 Å². The molecule has 0 amide bonds. The summed E-state index contributed by atoms with van der Waals surface area (Å²) in [6.07, 6.45) is 0. The predicted octanol–water partition coefficient (Wildman–Crippen LogP) is 2.45. The summed E-state index contributed by atoms with van der Waals surface area (Å²) < 4.78 is 11.1. The van der Waals surface area contributed by atoms with Crippen molar-refractivity contribution >= 4 is 0 Å². The highest BCUT2D eigenvalue weighted by Crippen LogP contribution is 2.25. The van der Waals surface area contributed by atoms with E-state index in [0.29, 0.717) is 17.8 Å². The van der Waals surface area contributed by atoms with Crippen molar-refractivity contribution < 1.29 is 9.15 Å². The monoisotopic (exact) mass is 330 g/mol. The summed E-state index contributed by atoms with van der Waals surface area (Å²) >= 11 is 0. The number of piperazine rings is 1. The molecule has 0 radical (unpaired) electrons. The van der Waals surface area contributed by atoms with Gasteiger partial charge in [-0.05, 0) is 26.0 Å². The lowest BCUT2D eigenvalue weighted by Crippen LogP contribution is -2.53. The van der Waals surface area contributed by atoms with Gasteiger partial charge in [-0.25, -0.2) is 0 Å². The fourth-order valence-corrected chi connectivity index (χ4v) is 3.17. The molecule has 3 rings (SSSR count). The zero-order chi connectivity index (χ0) is 16.9. The molecule has 6 heteroatoms. The number of benzene rings is 1. The van der Waals surface area contributed by atoms with Crippen molar-refractivity contribution in [1.82, 2.24) is 20.0 Å². The van der Waals surface area contributed by atoms with Gasteiger partial charge in [0.2, 0.25) is 11.8 Å². The van der Waals surface area contributed by atoms with Gasteiger partial charge >= 0.3 is 0 Å². The Hall–Kier alpha value is -1.76. The normalized spacial score (nSPS) is 21.0. The molecule has 24 heavy (non-hydrogen) atoms. The maximum atomic E-state index is 5.91. The van der Waals surface area contributed by atoms with Gasteiger partial charge in [-0.2, -0.15) is 0 Å². The fraction of sp³-hybridized carbons (Fsp3) is 0.556. The zero-order valence-corrected chi connectivity index (χ0v) is 14.7. The van der Waals surface area contributed by atoms with Crippen LogP contribution in [0.1, 0.15) is 25.8 Å². The Morgan fingerprint density at radius 2 is 2.04 bits per heavy atom. The van der Waals surface area contributed by atoms with Crippen LogP contribution in [0.3, 0.4) is 0 Å². The standard InChI is InChI=1S/C18H26N4O2/c1-14-13-22(10-9-21(14)11-12-23-3)15(2)17-19-20-18(24-17)16-7-5-4-6-8-16/h4-8,14-15H,9-13H2,1-3H3/t14-,15-/m1/s1. The minimum absolute atomic E-state index is 0.127. The summed E-state index contributed by atoms with van der Waals surface area (Å²) in [6, 6.07) is 10.5. The van der Waals surface area contributed by atoms with Gasteiger partial charge in [0, 0.05) is 44.9 Å². The summed E-state index contributed by atoms with van der Waals surface area (Å²) in [7, 11) is 1.75. The van der Waals surface area contributed by atoms with E-state index in [2.05, 4.69) is 33.8 Å². The number of hydrogen-bond acceptors (Lipinski definition) is 6. The van der Waals surface area contributed by atoms with Crippen molar-refractivity contribution in [2.24, 2.45) is 0 Å². The molecular weight excluding hydrogens is 304 g/mol. The van der Waals surface area contributed by atoms with Crippen molar-refractivity contribution in [2.75, 3.05) is 39.9 Å². The molecule has 0 spiro atoms. The van der Waals surface area contributed by atoms with E-state index in [9.17, 15) is 0 Å². The van der Waals surface area contributed by atoms with Gasteiger partial charge in [-0.3, -0.25) is 9.80 Å². The molecule has 1 aromatic heterocycles. The molecule has 1 aliphatic rings. The Morgan fingerprint density at radius 3 is 2.75 bits per heavy atom. The third-order valence-corrected chi connectivity index (χ3v) is 4.75. The van der Waals surface area contributed by atoms with E-state index < -0.39 is 0 Å². The van der Waals surface area contributed by atoms with E-state index in [-0.39, 0.29) is 6.04 Å². The van der Waals surface area contributed by atoms with Crippen LogP contribution in [-0.2, 0) is 4.74 Å². The predicted molar refractivity (Wildman–Crippen MR) is 92.6 cm³/mol. The van der Waals surface area contributed by atoms with Crippen LogP contribution in [0.5, 0.6) is 0 Å². The van der Waals surface area contributed by atoms with Crippen LogP contribution in [0.4, 0.5) is 0 Å². The fourth-order valence-electron chi connectivity index (χ4n) is 3.17. The topological polar surface area (TPSA) is 54.6 Å². The van der Waals surface area contributed by atoms with Gasteiger partial charge in [-0.15, -0.1) is 10.2 Å². The molecule has 0 aliphatic carbocycles. The third-order valence-electron chi connectivity index (χ3n) is 4.75. The second kappa shape index (κ2) is 7.88. The maximum Gasteiger partial charge on any atom is 0.247 e. The number of methoxy groups -OCH3 is 1. The summed E-state index contributed by atoms with van der Waals surface area (Å²) in [6.45, 7) is 9.20. The summed E-state index contributed by atoms with van der Waals surface area (Å²) in [5.41, 5.74) is 0.959. The first-order valence-electron chi connectivity index (χ1n) is 8.55. The van der Waals surface area contributed by atoms with Crippen LogP contribution in [0.2, 0.25) is 0 Å². The SMILES string of the molecule is COCCN1CCN([C@H](C)c2nnc(-c3ccccc3)o2)C[C@H]1C. The van der Waals surface area contributed by atoms with E-state index in [4.69, 9.17) is 9.15 Å². The highest BCUT2D eigenvalue weighted by atomic mass is 16.5. The van der Waals surface area contributed by atoms with Crippen molar-refractivity contribution in [3.63, 3.8) is 0 Å². The van der Waals surface area contributed by atoms with Crippen LogP contribution >= 0.6 is 0 Å². The summed E-state index contributed by atoms with van der Waals surface area (Å²) in [5, 5.41) is 8.48. The molecule has 1 saturated heterocycles. The number of ether oxygens (including phenoxy) is 1. The van der Waals surface area contributed by atoms with Crippen LogP contribution in [-0.4, -0.2) is 65.9 Å². The first kappa shape index (κ1) is 17.1. The molecule has 1 aromatic carbocycles. The van der Waals surface area contributed by atoms with Gasteiger partial charge in [0.05, 0.1) is 12.6 Å². The molecular formula is C18H26N4O2. The van der Waals surface area contributed by atoms with E-state index in [1.807, 2.05) is 30.3 Å². The molecule has 2 aromatic rings. The van der Waals surface area contributed by atoms with Crippen molar-refractivity contribution in [1.29, 1.82) is 0 Å². The molecule has 1 aliphatic heterocycles. The molecule has 0 saturated carbocycles. The zero-order valence-electron chi connectivity index (χ0n) is 14.7. The lowest BCUT2D eigenvalue weighted by Gasteiger charge is -2.41. The van der Waals surface area contributed by atoms with Crippen LogP contribution in [0.15, 0.2) is 34.7 Å². The van der Waals surface area contributed by atoms with Crippen molar-refractivity contribution in [2.45, 2.75) is 25.9 Å². The lowest BCUT2D eigenvalue weighted by molar-refractivity contribution is 0.0363. The van der Waals surface area contributed by atoms with Gasteiger partial charge in [0.15, 0.2) is 0 Å². The molecule has 0 unspecified atom stereocenters. The summed E-state index contributed by atoms with van der Waals surface area (Å²) in [4.78, 5) is 4.88. The Kier molecular flexibility index (Phi) is 5.60. The average Bonchev–Trinajstić information content (AvgIpc) is 3.11. The van der Waals surface area contributed by atoms with E-state index in [1.54, 1.807) is 7.11 Å². The van der Waals surface area contributed by atoms with E-state index >= 15 is 0 Å². The molecule has 2 heterocycles. The molecule has 2 atom stereocenters. The number of aromatic nitrogens is 2. The second-order valence-electron chi connectivity index (χ2n) is 6.36. The van der Waals surface area contributed by atoms with Crippen LogP contribution in [0.25, 0.3) is 11.5 Å². The van der Waals surface area contributed by atoms with Crippen LogP contribution in [0, 0.1) is 0 Å². The molecule has 0 N–H and O–H groups in total. The lowest BCUT2D eigenvalue weighted by atomic mass is 10.1. The minimum atomic E-state index is 0.127. The summed E-state index contributed by atoms with van der Waals surface area (Å²) in [5.74, 6) is 1.27. The molecule has 6 nitrogen and oxygen atoms in total. The Morgan fingerprint density at radius 1 is 1.25 bits per heavy atom. The number of hydrogen-bond donors (Lipinski definition) is 0. The Labute approximate surface area is 143 Å². The van der Waals surface area contributed by atoms with Crippen molar-refractivity contribution in [3.05, 3.63) is 36.2 Å². The van der Waals surface area contributed by atoms with Crippen LogP contribution < -0.4 is 0 Å². The van der Waals surface area contributed by atoms with Gasteiger partial charge < -0.3 is 9.15 Å². The smallest absolute Gasteiger partial charge is 0.247 e. The quantitative estimate of drug-likeness (QED) is 0.811. The largest absolute Gasteiger partial charge is 0.419 e. The molecule has 0 bridgehead atoms. The minimum Gasteiger partial charge on any atom is -0.419 e. The average molecular weight is 330 g/mol. The van der Waals surface area contributed by atoms with Crippen molar-refractivity contribution in [3.8, 4) is 11.5 Å².